The standard InChI is InChI=1S/C13H16BrF/c1-10-3-4-12(15)7-11(10)8-13(9-14)5-2-6-13/h3-4,7H,2,5-6,8-9H2,1H3. The summed E-state index contributed by atoms with van der Waals surface area (Å²) in [5.41, 5.74) is 2.79. The van der Waals surface area contributed by atoms with Crippen LogP contribution in [0.3, 0.4) is 0 Å². The van der Waals surface area contributed by atoms with Gasteiger partial charge in [0.2, 0.25) is 0 Å². The quantitative estimate of drug-likeness (QED) is 0.721. The minimum atomic E-state index is -0.111. The Balaban J connectivity index is 2.19. The van der Waals surface area contributed by atoms with Crippen LogP contribution in [0, 0.1) is 18.2 Å². The summed E-state index contributed by atoms with van der Waals surface area (Å²) >= 11 is 3.59. The predicted molar refractivity (Wildman–Crippen MR) is 64.9 cm³/mol. The summed E-state index contributed by atoms with van der Waals surface area (Å²) in [7, 11) is 0. The van der Waals surface area contributed by atoms with Gasteiger partial charge < -0.3 is 0 Å². The highest BCUT2D eigenvalue weighted by molar-refractivity contribution is 9.09. The van der Waals surface area contributed by atoms with E-state index in [-0.39, 0.29) is 5.82 Å². The van der Waals surface area contributed by atoms with Crippen LogP contribution in [0.15, 0.2) is 18.2 Å². The average Bonchev–Trinajstić information content (AvgIpc) is 2.17. The maximum absolute atomic E-state index is 13.1. The molecule has 0 N–H and O–H groups in total. The van der Waals surface area contributed by atoms with Crippen molar-refractivity contribution < 1.29 is 4.39 Å². The minimum absolute atomic E-state index is 0.111. The first kappa shape index (κ1) is 11.1. The lowest BCUT2D eigenvalue weighted by atomic mass is 9.66. The fourth-order valence-corrected chi connectivity index (χ4v) is 3.03. The highest BCUT2D eigenvalue weighted by atomic mass is 79.9. The Morgan fingerprint density at radius 3 is 2.67 bits per heavy atom. The lowest BCUT2D eigenvalue weighted by molar-refractivity contribution is 0.169. The van der Waals surface area contributed by atoms with Gasteiger partial charge in [0.15, 0.2) is 0 Å². The average molecular weight is 271 g/mol. The zero-order chi connectivity index (χ0) is 10.9. The van der Waals surface area contributed by atoms with Crippen molar-refractivity contribution in [2.75, 3.05) is 5.33 Å². The van der Waals surface area contributed by atoms with Crippen molar-refractivity contribution in [2.45, 2.75) is 32.6 Å². The van der Waals surface area contributed by atoms with Crippen LogP contribution < -0.4 is 0 Å². The van der Waals surface area contributed by atoms with Gasteiger partial charge in [-0.25, -0.2) is 4.39 Å². The second kappa shape index (κ2) is 4.25. The Labute approximate surface area is 99.0 Å². The Bertz CT molecular complexity index is 350. The van der Waals surface area contributed by atoms with Gasteiger partial charge in [-0.15, -0.1) is 0 Å². The first-order valence-electron chi connectivity index (χ1n) is 5.46. The number of alkyl halides is 1. The molecule has 1 aromatic rings. The minimum Gasteiger partial charge on any atom is -0.207 e. The molecule has 0 aliphatic heterocycles. The molecule has 15 heavy (non-hydrogen) atoms. The van der Waals surface area contributed by atoms with Gasteiger partial charge in [-0.2, -0.15) is 0 Å². The molecule has 0 saturated heterocycles. The lowest BCUT2D eigenvalue weighted by Crippen LogP contribution is -2.33. The molecule has 2 rings (SSSR count). The van der Waals surface area contributed by atoms with E-state index in [4.69, 9.17) is 0 Å². The van der Waals surface area contributed by atoms with Crippen LogP contribution >= 0.6 is 15.9 Å². The molecule has 1 saturated carbocycles. The summed E-state index contributed by atoms with van der Waals surface area (Å²) in [4.78, 5) is 0. The van der Waals surface area contributed by atoms with Crippen molar-refractivity contribution in [1.29, 1.82) is 0 Å². The van der Waals surface area contributed by atoms with Crippen molar-refractivity contribution >= 4 is 15.9 Å². The summed E-state index contributed by atoms with van der Waals surface area (Å²) in [5, 5.41) is 1.04. The molecule has 1 fully saturated rings. The molecule has 82 valence electrons. The van der Waals surface area contributed by atoms with Crippen LogP contribution in [0.5, 0.6) is 0 Å². The second-order valence-corrected chi connectivity index (χ2v) is 5.30. The molecular formula is C13H16BrF. The van der Waals surface area contributed by atoms with Gasteiger partial charge in [-0.3, -0.25) is 0 Å². The molecule has 0 unspecified atom stereocenters. The summed E-state index contributed by atoms with van der Waals surface area (Å²) in [6.07, 6.45) is 4.88. The molecule has 0 bridgehead atoms. The van der Waals surface area contributed by atoms with Crippen molar-refractivity contribution in [2.24, 2.45) is 5.41 Å². The van der Waals surface area contributed by atoms with E-state index in [1.807, 2.05) is 6.07 Å². The first-order valence-corrected chi connectivity index (χ1v) is 6.58. The number of hydrogen-bond acceptors (Lipinski definition) is 0. The normalized spacial score (nSPS) is 18.6. The van der Waals surface area contributed by atoms with Crippen LogP contribution in [0.2, 0.25) is 0 Å². The second-order valence-electron chi connectivity index (χ2n) is 4.73. The van der Waals surface area contributed by atoms with Crippen molar-refractivity contribution in [3.8, 4) is 0 Å². The third-order valence-electron chi connectivity index (χ3n) is 3.57. The van der Waals surface area contributed by atoms with E-state index in [1.54, 1.807) is 12.1 Å². The molecule has 1 aromatic carbocycles. The molecular weight excluding hydrogens is 255 g/mol. The number of aryl methyl sites for hydroxylation is 1. The first-order chi connectivity index (χ1) is 7.15. The van der Waals surface area contributed by atoms with Crippen molar-refractivity contribution in [1.82, 2.24) is 0 Å². The van der Waals surface area contributed by atoms with Crippen LogP contribution in [0.1, 0.15) is 30.4 Å². The highest BCUT2D eigenvalue weighted by Gasteiger charge is 2.36. The molecule has 0 aromatic heterocycles. The molecule has 1 aliphatic rings. The Hall–Kier alpha value is -0.370. The van der Waals surface area contributed by atoms with Gasteiger partial charge in [0, 0.05) is 5.33 Å². The fourth-order valence-electron chi connectivity index (χ4n) is 2.27. The summed E-state index contributed by atoms with van der Waals surface area (Å²) in [6, 6.07) is 5.11. The molecule has 1 aliphatic carbocycles. The number of hydrogen-bond donors (Lipinski definition) is 0. The van der Waals surface area contributed by atoms with E-state index in [0.29, 0.717) is 5.41 Å². The van der Waals surface area contributed by atoms with Gasteiger partial charge in [0.1, 0.15) is 5.82 Å². The van der Waals surface area contributed by atoms with Gasteiger partial charge in [-0.05, 0) is 54.9 Å². The van der Waals surface area contributed by atoms with E-state index >= 15 is 0 Å². The maximum atomic E-state index is 13.1. The predicted octanol–water partition coefficient (Wildman–Crippen LogP) is 4.24. The van der Waals surface area contributed by atoms with Crippen LogP contribution in [-0.4, -0.2) is 5.33 Å². The molecule has 0 atom stereocenters. The largest absolute Gasteiger partial charge is 0.207 e. The van der Waals surface area contributed by atoms with E-state index in [9.17, 15) is 4.39 Å². The number of rotatable bonds is 3. The SMILES string of the molecule is Cc1ccc(F)cc1CC1(CBr)CCC1. The highest BCUT2D eigenvalue weighted by Crippen LogP contribution is 2.45. The maximum Gasteiger partial charge on any atom is 0.123 e. The van der Waals surface area contributed by atoms with E-state index in [1.165, 1.54) is 30.4 Å². The zero-order valence-electron chi connectivity index (χ0n) is 9.02. The van der Waals surface area contributed by atoms with Crippen molar-refractivity contribution in [3.63, 3.8) is 0 Å². The molecule has 0 nitrogen and oxygen atoms in total. The van der Waals surface area contributed by atoms with Gasteiger partial charge >= 0.3 is 0 Å². The van der Waals surface area contributed by atoms with Crippen LogP contribution in [0.4, 0.5) is 4.39 Å². The molecule has 0 amide bonds. The van der Waals surface area contributed by atoms with E-state index < -0.39 is 0 Å². The van der Waals surface area contributed by atoms with Gasteiger partial charge in [0.25, 0.3) is 0 Å². The fraction of sp³-hybridized carbons (Fsp3) is 0.538. The molecule has 2 heteroatoms. The Kier molecular flexibility index (Phi) is 3.15. The zero-order valence-corrected chi connectivity index (χ0v) is 10.6. The van der Waals surface area contributed by atoms with Crippen LogP contribution in [0.25, 0.3) is 0 Å². The van der Waals surface area contributed by atoms with Crippen LogP contribution in [-0.2, 0) is 6.42 Å². The third-order valence-corrected chi connectivity index (χ3v) is 4.76. The summed E-state index contributed by atoms with van der Waals surface area (Å²) in [5.74, 6) is -0.111. The smallest absolute Gasteiger partial charge is 0.123 e. The monoisotopic (exact) mass is 270 g/mol. The summed E-state index contributed by atoms with van der Waals surface area (Å²) < 4.78 is 13.1. The van der Waals surface area contributed by atoms with E-state index in [2.05, 4.69) is 22.9 Å². The lowest BCUT2D eigenvalue weighted by Gasteiger charge is -2.41. The van der Waals surface area contributed by atoms with Crippen molar-refractivity contribution in [3.05, 3.63) is 35.1 Å². The Morgan fingerprint density at radius 2 is 2.13 bits per heavy atom. The number of halogens is 2. The topological polar surface area (TPSA) is 0 Å². The molecule has 0 spiro atoms. The van der Waals surface area contributed by atoms with E-state index in [0.717, 1.165) is 11.8 Å². The third kappa shape index (κ3) is 2.25. The summed E-state index contributed by atoms with van der Waals surface area (Å²) in [6.45, 7) is 2.06. The molecule has 0 heterocycles. The van der Waals surface area contributed by atoms with Gasteiger partial charge in [0.05, 0.1) is 0 Å². The Morgan fingerprint density at radius 1 is 1.40 bits per heavy atom. The number of benzene rings is 1. The molecule has 0 radical (unpaired) electrons. The van der Waals surface area contributed by atoms with Gasteiger partial charge in [-0.1, -0.05) is 28.4 Å².